The highest BCUT2D eigenvalue weighted by Crippen LogP contribution is 2.31. The first kappa shape index (κ1) is 20.2. The number of rotatable bonds is 6. The van der Waals surface area contributed by atoms with Gasteiger partial charge in [0.05, 0.1) is 12.3 Å². The van der Waals surface area contributed by atoms with Crippen LogP contribution >= 0.6 is 0 Å². The third-order valence-electron chi connectivity index (χ3n) is 4.10. The zero-order valence-corrected chi connectivity index (χ0v) is 16.3. The highest BCUT2D eigenvalue weighted by Gasteiger charge is 2.27. The Morgan fingerprint density at radius 3 is 2.72 bits per heavy atom. The van der Waals surface area contributed by atoms with Crippen molar-refractivity contribution in [1.82, 2.24) is 10.9 Å². The Balaban J connectivity index is 1.56. The van der Waals surface area contributed by atoms with Crippen molar-refractivity contribution < 1.29 is 23.9 Å². The summed E-state index contributed by atoms with van der Waals surface area (Å²) in [5, 5.41) is 0. The molecular weight excluding hydrogens is 374 g/mol. The molecule has 0 unspecified atom stereocenters. The third kappa shape index (κ3) is 5.25. The van der Waals surface area contributed by atoms with Gasteiger partial charge in [-0.15, -0.1) is 0 Å². The Morgan fingerprint density at radius 2 is 1.93 bits per heavy atom. The second kappa shape index (κ2) is 9.09. The number of hydrazine groups is 1. The smallest absolute Gasteiger partial charge is 0.269 e. The van der Waals surface area contributed by atoms with Gasteiger partial charge < -0.3 is 9.47 Å². The molecule has 0 saturated carbocycles. The van der Waals surface area contributed by atoms with Gasteiger partial charge in [-0.2, -0.15) is 0 Å². The first-order chi connectivity index (χ1) is 13.9. The van der Waals surface area contributed by atoms with Gasteiger partial charge in [0.2, 0.25) is 0 Å². The maximum Gasteiger partial charge on any atom is 0.269 e. The Morgan fingerprint density at radius 1 is 1.14 bits per heavy atom. The summed E-state index contributed by atoms with van der Waals surface area (Å²) in [6.45, 7) is 4.22. The van der Waals surface area contributed by atoms with Gasteiger partial charge in [-0.3, -0.25) is 30.1 Å². The van der Waals surface area contributed by atoms with Crippen LogP contribution in [0.4, 0.5) is 5.69 Å². The van der Waals surface area contributed by atoms with E-state index in [2.05, 4.69) is 10.9 Å². The average molecular weight is 397 g/mol. The fraction of sp³-hybridized carbons (Fsp3) is 0.286. The van der Waals surface area contributed by atoms with E-state index in [-0.39, 0.29) is 19.1 Å². The molecule has 2 N–H and O–H groups in total. The minimum atomic E-state index is -0.532. The fourth-order valence-corrected chi connectivity index (χ4v) is 2.70. The van der Waals surface area contributed by atoms with E-state index in [1.54, 1.807) is 48.5 Å². The van der Waals surface area contributed by atoms with Crippen molar-refractivity contribution >= 4 is 23.4 Å². The molecule has 0 spiro atoms. The zero-order chi connectivity index (χ0) is 20.8. The molecule has 3 rings (SSSR count). The standard InChI is InChI=1S/C21H23N3O5/c1-14(2)12-28-16-7-5-6-15(10-16)21(27)23-22-19(25)11-24-17-8-3-4-9-18(17)29-13-20(24)26/h3-10,14H,11-13H2,1-2H3,(H,22,25)(H,23,27). The van der Waals surface area contributed by atoms with Gasteiger partial charge in [-0.25, -0.2) is 0 Å². The lowest BCUT2D eigenvalue weighted by molar-refractivity contribution is -0.125. The lowest BCUT2D eigenvalue weighted by Crippen LogP contribution is -2.49. The summed E-state index contributed by atoms with van der Waals surface area (Å²) in [5.41, 5.74) is 5.55. The van der Waals surface area contributed by atoms with Crippen LogP contribution in [0.5, 0.6) is 11.5 Å². The molecule has 8 heteroatoms. The molecule has 0 fully saturated rings. The Kier molecular flexibility index (Phi) is 6.33. The van der Waals surface area contributed by atoms with E-state index < -0.39 is 11.8 Å². The first-order valence-electron chi connectivity index (χ1n) is 9.28. The van der Waals surface area contributed by atoms with Crippen molar-refractivity contribution in [3.8, 4) is 11.5 Å². The van der Waals surface area contributed by atoms with Crippen LogP contribution in [0, 0.1) is 5.92 Å². The van der Waals surface area contributed by atoms with E-state index >= 15 is 0 Å². The summed E-state index contributed by atoms with van der Waals surface area (Å²) in [6, 6.07) is 13.6. The van der Waals surface area contributed by atoms with Crippen LogP contribution in [0.3, 0.4) is 0 Å². The van der Waals surface area contributed by atoms with Crippen molar-refractivity contribution in [2.45, 2.75) is 13.8 Å². The van der Waals surface area contributed by atoms with E-state index in [1.165, 1.54) is 4.90 Å². The molecule has 2 aromatic rings. The molecule has 0 bridgehead atoms. The molecule has 0 aromatic heterocycles. The SMILES string of the molecule is CC(C)COc1cccc(C(=O)NNC(=O)CN2C(=O)COc3ccccc32)c1. The lowest BCUT2D eigenvalue weighted by atomic mass is 10.2. The zero-order valence-electron chi connectivity index (χ0n) is 16.3. The van der Waals surface area contributed by atoms with Crippen molar-refractivity contribution in [3.05, 3.63) is 54.1 Å². The number of carbonyl (C=O) groups excluding carboxylic acids is 3. The molecule has 152 valence electrons. The van der Waals surface area contributed by atoms with E-state index in [0.29, 0.717) is 35.3 Å². The van der Waals surface area contributed by atoms with E-state index in [9.17, 15) is 14.4 Å². The molecule has 1 heterocycles. The van der Waals surface area contributed by atoms with Crippen molar-refractivity contribution in [2.75, 3.05) is 24.7 Å². The number of nitrogens with one attached hydrogen (secondary N) is 2. The van der Waals surface area contributed by atoms with Crippen LogP contribution in [0.15, 0.2) is 48.5 Å². The largest absolute Gasteiger partial charge is 0.493 e. The molecule has 3 amide bonds. The van der Waals surface area contributed by atoms with Crippen LogP contribution in [0.25, 0.3) is 0 Å². The number of hydrogen-bond acceptors (Lipinski definition) is 5. The van der Waals surface area contributed by atoms with Gasteiger partial charge in [0.25, 0.3) is 17.7 Å². The molecule has 0 radical (unpaired) electrons. The number of nitrogens with zero attached hydrogens (tertiary/aromatic N) is 1. The van der Waals surface area contributed by atoms with Crippen molar-refractivity contribution in [3.63, 3.8) is 0 Å². The van der Waals surface area contributed by atoms with Gasteiger partial charge in [0.15, 0.2) is 6.61 Å². The molecule has 29 heavy (non-hydrogen) atoms. The quantitative estimate of drug-likeness (QED) is 0.726. The van der Waals surface area contributed by atoms with E-state index in [4.69, 9.17) is 9.47 Å². The molecule has 0 atom stereocenters. The molecule has 1 aliphatic heterocycles. The number of benzene rings is 2. The number of anilines is 1. The topological polar surface area (TPSA) is 97.0 Å². The number of amides is 3. The lowest BCUT2D eigenvalue weighted by Gasteiger charge is -2.28. The highest BCUT2D eigenvalue weighted by atomic mass is 16.5. The van der Waals surface area contributed by atoms with Crippen LogP contribution in [-0.2, 0) is 9.59 Å². The first-order valence-corrected chi connectivity index (χ1v) is 9.28. The van der Waals surface area contributed by atoms with Gasteiger partial charge >= 0.3 is 0 Å². The van der Waals surface area contributed by atoms with Crippen LogP contribution in [0.2, 0.25) is 0 Å². The number of carbonyl (C=O) groups is 3. The molecule has 0 saturated heterocycles. The Bertz CT molecular complexity index is 913. The second-order valence-electron chi connectivity index (χ2n) is 6.97. The number of fused-ring (bicyclic) bond motifs is 1. The minimum Gasteiger partial charge on any atom is -0.493 e. The number of ether oxygens (including phenoxy) is 2. The normalized spacial score (nSPS) is 12.8. The third-order valence-corrected chi connectivity index (χ3v) is 4.10. The highest BCUT2D eigenvalue weighted by molar-refractivity contribution is 6.02. The van der Waals surface area contributed by atoms with Crippen LogP contribution < -0.4 is 25.2 Å². The Labute approximate surface area is 168 Å². The van der Waals surface area contributed by atoms with Gasteiger partial charge in [0.1, 0.15) is 18.0 Å². The number of para-hydroxylation sites is 2. The van der Waals surface area contributed by atoms with Crippen LogP contribution in [0.1, 0.15) is 24.2 Å². The maximum atomic E-state index is 12.3. The van der Waals surface area contributed by atoms with E-state index in [0.717, 1.165) is 0 Å². The molecule has 2 aromatic carbocycles. The predicted molar refractivity (Wildman–Crippen MR) is 107 cm³/mol. The van der Waals surface area contributed by atoms with Gasteiger partial charge in [-0.1, -0.05) is 32.0 Å². The van der Waals surface area contributed by atoms with E-state index in [1.807, 2.05) is 13.8 Å². The summed E-state index contributed by atoms with van der Waals surface area (Å²) >= 11 is 0. The summed E-state index contributed by atoms with van der Waals surface area (Å²) in [6.07, 6.45) is 0. The van der Waals surface area contributed by atoms with Crippen molar-refractivity contribution in [2.24, 2.45) is 5.92 Å². The summed E-state index contributed by atoms with van der Waals surface area (Å²) in [4.78, 5) is 38.0. The number of hydrogen-bond donors (Lipinski definition) is 2. The molecule has 8 nitrogen and oxygen atoms in total. The van der Waals surface area contributed by atoms with Crippen LogP contribution in [-0.4, -0.2) is 37.5 Å². The van der Waals surface area contributed by atoms with Crippen molar-refractivity contribution in [1.29, 1.82) is 0 Å². The molecular formula is C21H23N3O5. The summed E-state index contributed by atoms with van der Waals surface area (Å²) in [5.74, 6) is 0.119. The molecule has 0 aliphatic carbocycles. The Hall–Kier alpha value is -3.55. The molecule has 1 aliphatic rings. The van der Waals surface area contributed by atoms with Gasteiger partial charge in [-0.05, 0) is 36.2 Å². The minimum absolute atomic E-state index is 0.139. The average Bonchev–Trinajstić information content (AvgIpc) is 2.72. The summed E-state index contributed by atoms with van der Waals surface area (Å²) < 4.78 is 11.0. The summed E-state index contributed by atoms with van der Waals surface area (Å²) in [7, 11) is 0. The monoisotopic (exact) mass is 397 g/mol. The predicted octanol–water partition coefficient (Wildman–Crippen LogP) is 1.91. The maximum absolute atomic E-state index is 12.3. The van der Waals surface area contributed by atoms with Gasteiger partial charge in [0, 0.05) is 5.56 Å². The second-order valence-corrected chi connectivity index (χ2v) is 6.97. The fourth-order valence-electron chi connectivity index (χ4n) is 2.70.